The average Bonchev–Trinajstić information content (AvgIpc) is 2.71. The van der Waals surface area contributed by atoms with Crippen LogP contribution in [0.25, 0.3) is 0 Å². The van der Waals surface area contributed by atoms with E-state index in [0.29, 0.717) is 0 Å². The lowest BCUT2D eigenvalue weighted by Gasteiger charge is -2.07. The molecule has 1 atom stereocenters. The van der Waals surface area contributed by atoms with Crippen LogP contribution in [0.1, 0.15) is 34.6 Å². The van der Waals surface area contributed by atoms with Crippen molar-refractivity contribution in [1.29, 1.82) is 0 Å². The molecule has 0 radical (unpaired) electrons. The van der Waals surface area contributed by atoms with Crippen LogP contribution in [-0.4, -0.2) is 20.9 Å². The minimum absolute atomic E-state index is 0.0931. The summed E-state index contributed by atoms with van der Waals surface area (Å²) >= 11 is 0. The van der Waals surface area contributed by atoms with Crippen molar-refractivity contribution in [2.45, 2.75) is 12.8 Å². The monoisotopic (exact) mass is 230 g/mol. The fourth-order valence-electron chi connectivity index (χ4n) is 1.81. The molecule has 4 nitrogen and oxygen atoms in total. The Morgan fingerprint density at radius 3 is 2.53 bits per heavy atom. The Labute approximate surface area is 99.5 Å². The van der Waals surface area contributed by atoms with E-state index in [2.05, 4.69) is 5.10 Å². The van der Waals surface area contributed by atoms with E-state index < -0.39 is 5.97 Å². The number of carbonyl (C=O) groups is 1. The highest BCUT2D eigenvalue weighted by Gasteiger charge is 2.16. The van der Waals surface area contributed by atoms with Crippen molar-refractivity contribution in [3.63, 3.8) is 0 Å². The van der Waals surface area contributed by atoms with Crippen molar-refractivity contribution < 1.29 is 9.90 Å². The molecule has 1 aromatic carbocycles. The van der Waals surface area contributed by atoms with Gasteiger partial charge in [0.15, 0.2) is 0 Å². The Hall–Kier alpha value is -2.10. The summed E-state index contributed by atoms with van der Waals surface area (Å²) in [6.07, 6.45) is 0. The molecule has 1 unspecified atom stereocenters. The molecule has 2 aromatic rings. The van der Waals surface area contributed by atoms with Crippen molar-refractivity contribution in [1.82, 2.24) is 9.78 Å². The van der Waals surface area contributed by atoms with Gasteiger partial charge in [-0.2, -0.15) is 5.10 Å². The van der Waals surface area contributed by atoms with Crippen LogP contribution in [-0.2, 0) is 7.05 Å². The van der Waals surface area contributed by atoms with E-state index in [0.717, 1.165) is 11.3 Å². The van der Waals surface area contributed by atoms with E-state index in [1.54, 1.807) is 13.1 Å². The molecule has 0 saturated carbocycles. The minimum Gasteiger partial charge on any atom is -0.477 e. The van der Waals surface area contributed by atoms with Crippen LogP contribution in [0.4, 0.5) is 0 Å². The first-order valence-electron chi connectivity index (χ1n) is 5.41. The molecule has 0 aliphatic carbocycles. The average molecular weight is 230 g/mol. The van der Waals surface area contributed by atoms with Gasteiger partial charge in [0.2, 0.25) is 0 Å². The number of carboxylic acids is 1. The predicted molar refractivity (Wildman–Crippen MR) is 64.1 cm³/mol. The molecule has 0 bridgehead atoms. The standard InChI is InChI=1S/C13H14N2O2/c1-9(10-6-4-3-5-7-10)11-8-12(13(16)17)15(2)14-11/h3-9H,1-2H3,(H,16,17). The van der Waals surface area contributed by atoms with Crippen molar-refractivity contribution in [3.8, 4) is 0 Å². The third kappa shape index (κ3) is 2.20. The summed E-state index contributed by atoms with van der Waals surface area (Å²) in [5.74, 6) is -0.859. The molecular formula is C13H14N2O2. The maximum atomic E-state index is 10.9. The second-order valence-electron chi connectivity index (χ2n) is 4.02. The molecule has 0 fully saturated rings. The van der Waals surface area contributed by atoms with E-state index in [-0.39, 0.29) is 11.6 Å². The summed E-state index contributed by atoms with van der Waals surface area (Å²) in [6.45, 7) is 2.02. The normalized spacial score (nSPS) is 12.4. The van der Waals surface area contributed by atoms with E-state index in [1.807, 2.05) is 37.3 Å². The molecule has 4 heteroatoms. The zero-order chi connectivity index (χ0) is 12.4. The number of hydrogen-bond donors (Lipinski definition) is 1. The zero-order valence-electron chi connectivity index (χ0n) is 9.79. The topological polar surface area (TPSA) is 55.1 Å². The number of aromatic nitrogens is 2. The van der Waals surface area contributed by atoms with Gasteiger partial charge >= 0.3 is 5.97 Å². The molecule has 0 amide bonds. The van der Waals surface area contributed by atoms with Gasteiger partial charge in [0, 0.05) is 13.0 Å². The van der Waals surface area contributed by atoms with Gasteiger partial charge in [0.05, 0.1) is 5.69 Å². The number of nitrogens with zero attached hydrogens (tertiary/aromatic N) is 2. The van der Waals surface area contributed by atoms with Crippen molar-refractivity contribution in [2.24, 2.45) is 7.05 Å². The summed E-state index contributed by atoms with van der Waals surface area (Å²) in [6, 6.07) is 11.5. The number of aryl methyl sites for hydroxylation is 1. The smallest absolute Gasteiger partial charge is 0.354 e. The van der Waals surface area contributed by atoms with E-state index in [9.17, 15) is 4.79 Å². The third-order valence-corrected chi connectivity index (χ3v) is 2.86. The maximum Gasteiger partial charge on any atom is 0.354 e. The Morgan fingerprint density at radius 2 is 2.00 bits per heavy atom. The van der Waals surface area contributed by atoms with Crippen molar-refractivity contribution in [2.75, 3.05) is 0 Å². The fraction of sp³-hybridized carbons (Fsp3) is 0.231. The van der Waals surface area contributed by atoms with Gasteiger partial charge in [0.25, 0.3) is 0 Å². The Kier molecular flexibility index (Phi) is 2.95. The first kappa shape index (κ1) is 11.4. The first-order valence-corrected chi connectivity index (χ1v) is 5.41. The quantitative estimate of drug-likeness (QED) is 0.880. The van der Waals surface area contributed by atoms with E-state index >= 15 is 0 Å². The summed E-state index contributed by atoms with van der Waals surface area (Å²) in [7, 11) is 1.64. The lowest BCUT2D eigenvalue weighted by Crippen LogP contribution is -2.05. The Balaban J connectivity index is 2.35. The summed E-state index contributed by atoms with van der Waals surface area (Å²) in [5, 5.41) is 13.2. The number of carboxylic acid groups (broad SMARTS) is 1. The number of hydrogen-bond acceptors (Lipinski definition) is 2. The van der Waals surface area contributed by atoms with Crippen LogP contribution >= 0.6 is 0 Å². The van der Waals surface area contributed by atoms with E-state index in [1.165, 1.54) is 4.68 Å². The highest BCUT2D eigenvalue weighted by Crippen LogP contribution is 2.23. The first-order chi connectivity index (χ1) is 8.09. The van der Waals surface area contributed by atoms with E-state index in [4.69, 9.17) is 5.11 Å². The van der Waals surface area contributed by atoms with Crippen LogP contribution < -0.4 is 0 Å². The number of benzene rings is 1. The van der Waals surface area contributed by atoms with Gasteiger partial charge in [-0.1, -0.05) is 37.3 Å². The summed E-state index contributed by atoms with van der Waals surface area (Å²) in [5.41, 5.74) is 2.11. The van der Waals surface area contributed by atoms with Gasteiger partial charge in [-0.25, -0.2) is 4.79 Å². The largest absolute Gasteiger partial charge is 0.477 e. The number of aromatic carboxylic acids is 1. The predicted octanol–water partition coefficient (Wildman–Crippen LogP) is 2.27. The zero-order valence-corrected chi connectivity index (χ0v) is 9.79. The number of rotatable bonds is 3. The van der Waals surface area contributed by atoms with Crippen molar-refractivity contribution >= 4 is 5.97 Å². The van der Waals surface area contributed by atoms with Gasteiger partial charge < -0.3 is 5.11 Å². The molecule has 2 rings (SSSR count). The molecular weight excluding hydrogens is 216 g/mol. The molecule has 17 heavy (non-hydrogen) atoms. The van der Waals surface area contributed by atoms with Crippen LogP contribution in [0.2, 0.25) is 0 Å². The molecule has 1 N–H and O–H groups in total. The van der Waals surface area contributed by atoms with Crippen LogP contribution in [0.15, 0.2) is 36.4 Å². The lowest BCUT2D eigenvalue weighted by molar-refractivity contribution is 0.0685. The van der Waals surface area contributed by atoms with Gasteiger partial charge in [-0.3, -0.25) is 4.68 Å². The molecule has 0 spiro atoms. The Bertz CT molecular complexity index is 532. The van der Waals surface area contributed by atoms with Gasteiger partial charge in [-0.15, -0.1) is 0 Å². The van der Waals surface area contributed by atoms with Crippen LogP contribution in [0.3, 0.4) is 0 Å². The Morgan fingerprint density at radius 1 is 1.35 bits per heavy atom. The highest BCUT2D eigenvalue weighted by atomic mass is 16.4. The lowest BCUT2D eigenvalue weighted by atomic mass is 9.98. The molecule has 0 aliphatic heterocycles. The van der Waals surface area contributed by atoms with Gasteiger partial charge in [-0.05, 0) is 11.6 Å². The van der Waals surface area contributed by atoms with Crippen LogP contribution in [0, 0.1) is 0 Å². The molecule has 0 saturated heterocycles. The molecule has 88 valence electrons. The third-order valence-electron chi connectivity index (χ3n) is 2.86. The maximum absolute atomic E-state index is 10.9. The second kappa shape index (κ2) is 4.41. The molecule has 1 heterocycles. The summed E-state index contributed by atoms with van der Waals surface area (Å²) < 4.78 is 1.40. The second-order valence-corrected chi connectivity index (χ2v) is 4.02. The highest BCUT2D eigenvalue weighted by molar-refractivity contribution is 5.85. The van der Waals surface area contributed by atoms with Gasteiger partial charge in [0.1, 0.15) is 5.69 Å². The SMILES string of the molecule is CC(c1ccccc1)c1cc(C(=O)O)n(C)n1. The molecule has 1 aromatic heterocycles. The van der Waals surface area contributed by atoms with Crippen LogP contribution in [0.5, 0.6) is 0 Å². The fourth-order valence-corrected chi connectivity index (χ4v) is 1.81. The minimum atomic E-state index is -0.952. The summed E-state index contributed by atoms with van der Waals surface area (Å²) in [4.78, 5) is 10.9. The van der Waals surface area contributed by atoms with Crippen molar-refractivity contribution in [3.05, 3.63) is 53.3 Å². The molecule has 0 aliphatic rings.